The SMILES string of the molecule is O=C1CN(C(=O)C2CCCCC2)CCN1. The second-order valence-corrected chi connectivity index (χ2v) is 4.44. The first-order valence-electron chi connectivity index (χ1n) is 5.83. The van der Waals surface area contributed by atoms with Crippen molar-refractivity contribution in [2.45, 2.75) is 32.1 Å². The van der Waals surface area contributed by atoms with Crippen molar-refractivity contribution in [2.75, 3.05) is 19.6 Å². The molecule has 84 valence electrons. The van der Waals surface area contributed by atoms with E-state index >= 15 is 0 Å². The molecule has 0 radical (unpaired) electrons. The van der Waals surface area contributed by atoms with E-state index in [0.29, 0.717) is 13.1 Å². The maximum absolute atomic E-state index is 12.0. The summed E-state index contributed by atoms with van der Waals surface area (Å²) >= 11 is 0. The van der Waals surface area contributed by atoms with Gasteiger partial charge in [-0.25, -0.2) is 0 Å². The van der Waals surface area contributed by atoms with E-state index in [-0.39, 0.29) is 24.3 Å². The van der Waals surface area contributed by atoms with E-state index < -0.39 is 0 Å². The molecule has 4 nitrogen and oxygen atoms in total. The minimum atomic E-state index is -0.0228. The van der Waals surface area contributed by atoms with Crippen molar-refractivity contribution in [1.82, 2.24) is 10.2 Å². The molecule has 1 saturated heterocycles. The molecule has 0 aromatic rings. The average molecular weight is 210 g/mol. The third kappa shape index (κ3) is 2.49. The summed E-state index contributed by atoms with van der Waals surface area (Å²) < 4.78 is 0. The van der Waals surface area contributed by atoms with Gasteiger partial charge in [0.15, 0.2) is 0 Å². The van der Waals surface area contributed by atoms with Crippen molar-refractivity contribution in [1.29, 1.82) is 0 Å². The molecule has 1 aliphatic heterocycles. The molecular formula is C11H18N2O2. The van der Waals surface area contributed by atoms with Gasteiger partial charge in [-0.3, -0.25) is 9.59 Å². The zero-order valence-electron chi connectivity index (χ0n) is 9.00. The summed E-state index contributed by atoms with van der Waals surface area (Å²) in [5.41, 5.74) is 0. The highest BCUT2D eigenvalue weighted by Gasteiger charge is 2.28. The predicted molar refractivity (Wildman–Crippen MR) is 56.2 cm³/mol. The van der Waals surface area contributed by atoms with Gasteiger partial charge in [0.2, 0.25) is 11.8 Å². The van der Waals surface area contributed by atoms with Crippen LogP contribution in [0.1, 0.15) is 32.1 Å². The monoisotopic (exact) mass is 210 g/mol. The Morgan fingerprint density at radius 3 is 2.67 bits per heavy atom. The third-order valence-corrected chi connectivity index (χ3v) is 3.30. The van der Waals surface area contributed by atoms with Gasteiger partial charge in [0.1, 0.15) is 0 Å². The second kappa shape index (κ2) is 4.64. The van der Waals surface area contributed by atoms with Crippen LogP contribution >= 0.6 is 0 Å². The van der Waals surface area contributed by atoms with E-state index in [1.54, 1.807) is 4.90 Å². The first-order chi connectivity index (χ1) is 7.27. The van der Waals surface area contributed by atoms with Crippen LogP contribution < -0.4 is 5.32 Å². The fraction of sp³-hybridized carbons (Fsp3) is 0.818. The Morgan fingerprint density at radius 1 is 1.27 bits per heavy atom. The lowest BCUT2D eigenvalue weighted by Crippen LogP contribution is -2.51. The van der Waals surface area contributed by atoms with Crippen molar-refractivity contribution in [3.8, 4) is 0 Å². The van der Waals surface area contributed by atoms with Crippen LogP contribution in [0.15, 0.2) is 0 Å². The van der Waals surface area contributed by atoms with Crippen molar-refractivity contribution in [2.24, 2.45) is 5.92 Å². The fourth-order valence-electron chi connectivity index (χ4n) is 2.43. The van der Waals surface area contributed by atoms with E-state index in [0.717, 1.165) is 25.7 Å². The lowest BCUT2D eigenvalue weighted by molar-refractivity contribution is -0.142. The molecule has 0 spiro atoms. The number of amides is 2. The Morgan fingerprint density at radius 2 is 2.00 bits per heavy atom. The molecule has 2 aliphatic rings. The molecule has 1 saturated carbocycles. The smallest absolute Gasteiger partial charge is 0.239 e. The van der Waals surface area contributed by atoms with Crippen LogP contribution in [0.4, 0.5) is 0 Å². The standard InChI is InChI=1S/C11H18N2O2/c14-10-8-13(7-6-12-10)11(15)9-4-2-1-3-5-9/h9H,1-8H2,(H,12,14). The molecule has 2 fully saturated rings. The van der Waals surface area contributed by atoms with Crippen molar-refractivity contribution in [3.05, 3.63) is 0 Å². The summed E-state index contributed by atoms with van der Waals surface area (Å²) in [4.78, 5) is 24.9. The number of hydrogen-bond acceptors (Lipinski definition) is 2. The van der Waals surface area contributed by atoms with Gasteiger partial charge < -0.3 is 10.2 Å². The molecule has 0 unspecified atom stereocenters. The third-order valence-electron chi connectivity index (χ3n) is 3.30. The number of carbonyl (C=O) groups is 2. The number of nitrogens with one attached hydrogen (secondary N) is 1. The molecule has 0 bridgehead atoms. The largest absolute Gasteiger partial charge is 0.353 e. The summed E-state index contributed by atoms with van der Waals surface area (Å²) in [7, 11) is 0. The average Bonchev–Trinajstić information content (AvgIpc) is 2.29. The van der Waals surface area contributed by atoms with E-state index in [4.69, 9.17) is 0 Å². The summed E-state index contributed by atoms with van der Waals surface area (Å²) in [6.07, 6.45) is 5.60. The minimum absolute atomic E-state index is 0.0228. The number of nitrogens with zero attached hydrogens (tertiary/aromatic N) is 1. The zero-order valence-corrected chi connectivity index (χ0v) is 9.00. The molecule has 2 rings (SSSR count). The first kappa shape index (κ1) is 10.5. The summed E-state index contributed by atoms with van der Waals surface area (Å²) in [6, 6.07) is 0. The fourth-order valence-corrected chi connectivity index (χ4v) is 2.43. The number of carbonyl (C=O) groups excluding carboxylic acids is 2. The Labute approximate surface area is 90.0 Å². The molecule has 1 N–H and O–H groups in total. The van der Waals surface area contributed by atoms with Crippen LogP contribution in [0, 0.1) is 5.92 Å². The van der Waals surface area contributed by atoms with Gasteiger partial charge in [-0.15, -0.1) is 0 Å². The molecule has 1 heterocycles. The van der Waals surface area contributed by atoms with E-state index in [2.05, 4.69) is 5.32 Å². The molecule has 1 aliphatic carbocycles. The number of rotatable bonds is 1. The van der Waals surface area contributed by atoms with E-state index in [9.17, 15) is 9.59 Å². The molecule has 0 aromatic heterocycles. The van der Waals surface area contributed by atoms with E-state index in [1.807, 2.05) is 0 Å². The van der Waals surface area contributed by atoms with Crippen LogP contribution in [-0.4, -0.2) is 36.3 Å². The Hall–Kier alpha value is -1.06. The van der Waals surface area contributed by atoms with Gasteiger partial charge in [-0.2, -0.15) is 0 Å². The van der Waals surface area contributed by atoms with Gasteiger partial charge in [-0.05, 0) is 12.8 Å². The van der Waals surface area contributed by atoms with Crippen molar-refractivity contribution >= 4 is 11.8 Å². The molecule has 0 aromatic carbocycles. The summed E-state index contributed by atoms with van der Waals surface area (Å²) in [5.74, 6) is 0.361. The molecular weight excluding hydrogens is 192 g/mol. The first-order valence-corrected chi connectivity index (χ1v) is 5.83. The van der Waals surface area contributed by atoms with Crippen molar-refractivity contribution < 1.29 is 9.59 Å². The van der Waals surface area contributed by atoms with Crippen LogP contribution in [-0.2, 0) is 9.59 Å². The lowest BCUT2D eigenvalue weighted by Gasteiger charge is -2.31. The Kier molecular flexibility index (Phi) is 3.23. The van der Waals surface area contributed by atoms with Crippen LogP contribution in [0.2, 0.25) is 0 Å². The van der Waals surface area contributed by atoms with Gasteiger partial charge in [0, 0.05) is 19.0 Å². The zero-order chi connectivity index (χ0) is 10.7. The Bertz CT molecular complexity index is 259. The number of piperazine rings is 1. The topological polar surface area (TPSA) is 49.4 Å². The highest BCUT2D eigenvalue weighted by Crippen LogP contribution is 2.25. The van der Waals surface area contributed by atoms with Crippen molar-refractivity contribution in [3.63, 3.8) is 0 Å². The van der Waals surface area contributed by atoms with Gasteiger partial charge in [0.05, 0.1) is 6.54 Å². The van der Waals surface area contributed by atoms with Crippen LogP contribution in [0.25, 0.3) is 0 Å². The maximum Gasteiger partial charge on any atom is 0.239 e. The number of hydrogen-bond donors (Lipinski definition) is 1. The quantitative estimate of drug-likeness (QED) is 0.686. The second-order valence-electron chi connectivity index (χ2n) is 4.44. The molecule has 15 heavy (non-hydrogen) atoms. The molecule has 0 atom stereocenters. The lowest BCUT2D eigenvalue weighted by atomic mass is 9.88. The summed E-state index contributed by atoms with van der Waals surface area (Å²) in [5, 5.41) is 2.74. The summed E-state index contributed by atoms with van der Waals surface area (Å²) in [6.45, 7) is 1.55. The maximum atomic E-state index is 12.0. The minimum Gasteiger partial charge on any atom is -0.353 e. The van der Waals surface area contributed by atoms with Gasteiger partial charge >= 0.3 is 0 Å². The molecule has 4 heteroatoms. The van der Waals surface area contributed by atoms with Gasteiger partial charge in [-0.1, -0.05) is 19.3 Å². The van der Waals surface area contributed by atoms with E-state index in [1.165, 1.54) is 6.42 Å². The van der Waals surface area contributed by atoms with Crippen LogP contribution in [0.5, 0.6) is 0 Å². The Balaban J connectivity index is 1.90. The highest BCUT2D eigenvalue weighted by atomic mass is 16.2. The normalized spacial score (nSPS) is 23.7. The predicted octanol–water partition coefficient (Wildman–Crippen LogP) is 0.525. The molecule has 2 amide bonds. The van der Waals surface area contributed by atoms with Crippen LogP contribution in [0.3, 0.4) is 0 Å². The van der Waals surface area contributed by atoms with Gasteiger partial charge in [0.25, 0.3) is 0 Å². The highest BCUT2D eigenvalue weighted by molar-refractivity contribution is 5.87.